The van der Waals surface area contributed by atoms with Crippen LogP contribution in [-0.4, -0.2) is 18.0 Å². The van der Waals surface area contributed by atoms with E-state index in [1.54, 1.807) is 6.92 Å². The van der Waals surface area contributed by atoms with Gasteiger partial charge in [-0.3, -0.25) is 0 Å². The summed E-state index contributed by atoms with van der Waals surface area (Å²) < 4.78 is 12.4. The molecule has 0 aromatic heterocycles. The van der Waals surface area contributed by atoms with Crippen molar-refractivity contribution in [2.45, 2.75) is 65.0 Å². The molecule has 0 heterocycles. The monoisotopic (exact) mass is 354 g/mol. The highest BCUT2D eigenvalue weighted by Gasteiger charge is 2.22. The zero-order valence-electron chi connectivity index (χ0n) is 15.9. The van der Waals surface area contributed by atoms with E-state index in [1.165, 1.54) is 0 Å². The maximum absolute atomic E-state index is 11.3. The average molecular weight is 354 g/mol. The van der Waals surface area contributed by atoms with Gasteiger partial charge in [-0.05, 0) is 37.3 Å². The first-order valence-corrected chi connectivity index (χ1v) is 9.49. The van der Waals surface area contributed by atoms with Crippen LogP contribution in [0.1, 0.15) is 50.7 Å². The van der Waals surface area contributed by atoms with Gasteiger partial charge in [0.05, 0.1) is 25.4 Å². The van der Waals surface area contributed by atoms with Crippen molar-refractivity contribution in [1.29, 1.82) is 0 Å². The van der Waals surface area contributed by atoms with Crippen LogP contribution < -0.4 is 0 Å². The van der Waals surface area contributed by atoms with E-state index in [0.29, 0.717) is 19.6 Å². The summed E-state index contributed by atoms with van der Waals surface area (Å²) in [5.74, 6) is 0.227. The first kappa shape index (κ1) is 20.3. The summed E-state index contributed by atoms with van der Waals surface area (Å²) >= 11 is 0. The van der Waals surface area contributed by atoms with Crippen molar-refractivity contribution in [3.8, 4) is 0 Å². The lowest BCUT2D eigenvalue weighted by atomic mass is 10.0. The fourth-order valence-electron chi connectivity index (χ4n) is 2.97. The molecule has 0 aliphatic heterocycles. The Morgan fingerprint density at radius 2 is 1.35 bits per heavy atom. The lowest BCUT2D eigenvalue weighted by Crippen LogP contribution is -2.31. The highest BCUT2D eigenvalue weighted by Crippen LogP contribution is 2.19. The fraction of sp³-hybridized carbons (Fsp3) is 0.435. The summed E-state index contributed by atoms with van der Waals surface area (Å²) in [4.78, 5) is 11.3. The number of carbonyl (C=O) groups excluding carboxylic acids is 1. The molecule has 0 N–H and O–H groups in total. The summed E-state index contributed by atoms with van der Waals surface area (Å²) in [7, 11) is 0. The third-order valence-electron chi connectivity index (χ3n) is 4.45. The van der Waals surface area contributed by atoms with Crippen LogP contribution in [0.4, 0.5) is 0 Å². The molecule has 140 valence electrons. The first-order valence-electron chi connectivity index (χ1n) is 9.49. The molecular formula is C23H30O3. The predicted molar refractivity (Wildman–Crippen MR) is 105 cm³/mol. The van der Waals surface area contributed by atoms with Crippen molar-refractivity contribution in [2.75, 3.05) is 0 Å². The number of carbonyl (C=O) groups is 1. The van der Waals surface area contributed by atoms with Crippen LogP contribution in [-0.2, 0) is 27.5 Å². The molecule has 3 heteroatoms. The molecule has 0 aliphatic carbocycles. The summed E-state index contributed by atoms with van der Waals surface area (Å²) in [6, 6.07) is 20.4. The van der Waals surface area contributed by atoms with E-state index in [9.17, 15) is 4.79 Å². The standard InChI is InChI=1S/C23H30O3/c1-3-22(25-17-20-12-6-4-7-13-20)23(16-10-11-19(2)24)26-18-21-14-8-5-9-15-21/h4-9,12-15,22-23H,3,10-11,16-18H2,1-2H3/t22-,23+/m0/s1. The van der Waals surface area contributed by atoms with E-state index in [-0.39, 0.29) is 18.0 Å². The third-order valence-corrected chi connectivity index (χ3v) is 4.45. The highest BCUT2D eigenvalue weighted by molar-refractivity contribution is 5.75. The Hall–Kier alpha value is -1.97. The van der Waals surface area contributed by atoms with Gasteiger partial charge in [0.2, 0.25) is 0 Å². The van der Waals surface area contributed by atoms with E-state index in [4.69, 9.17) is 9.47 Å². The average Bonchev–Trinajstić information content (AvgIpc) is 2.67. The van der Waals surface area contributed by atoms with Crippen LogP contribution in [0.5, 0.6) is 0 Å². The van der Waals surface area contributed by atoms with Gasteiger partial charge >= 0.3 is 0 Å². The van der Waals surface area contributed by atoms with E-state index >= 15 is 0 Å². The molecule has 2 rings (SSSR count). The normalized spacial score (nSPS) is 13.3. The minimum Gasteiger partial charge on any atom is -0.371 e. The van der Waals surface area contributed by atoms with Crippen molar-refractivity contribution in [1.82, 2.24) is 0 Å². The second kappa shape index (κ2) is 11.6. The molecule has 2 aromatic carbocycles. The lowest BCUT2D eigenvalue weighted by molar-refractivity contribution is -0.117. The fourth-order valence-corrected chi connectivity index (χ4v) is 2.97. The van der Waals surface area contributed by atoms with Crippen LogP contribution in [0.15, 0.2) is 60.7 Å². The SMILES string of the molecule is CC[C@H](OCc1ccccc1)[C@@H](CCCC(C)=O)OCc1ccccc1. The van der Waals surface area contributed by atoms with Gasteiger partial charge in [-0.25, -0.2) is 0 Å². The molecule has 0 saturated carbocycles. The van der Waals surface area contributed by atoms with Crippen molar-refractivity contribution in [3.63, 3.8) is 0 Å². The summed E-state index contributed by atoms with van der Waals surface area (Å²) in [5, 5.41) is 0. The Morgan fingerprint density at radius 1 is 0.846 bits per heavy atom. The number of ketones is 1. The number of hydrogen-bond acceptors (Lipinski definition) is 3. The molecule has 0 amide bonds. The van der Waals surface area contributed by atoms with Crippen molar-refractivity contribution < 1.29 is 14.3 Å². The summed E-state index contributed by atoms with van der Waals surface area (Å²) in [6.45, 7) is 4.91. The van der Waals surface area contributed by atoms with Crippen LogP contribution in [0.25, 0.3) is 0 Å². The Balaban J connectivity index is 1.94. The molecule has 0 aliphatic rings. The minimum atomic E-state index is -0.0109. The van der Waals surface area contributed by atoms with Gasteiger partial charge in [0.15, 0.2) is 0 Å². The van der Waals surface area contributed by atoms with Crippen LogP contribution in [0, 0.1) is 0 Å². The maximum atomic E-state index is 11.3. The van der Waals surface area contributed by atoms with E-state index < -0.39 is 0 Å². The zero-order chi connectivity index (χ0) is 18.6. The molecule has 2 aromatic rings. The second-order valence-electron chi connectivity index (χ2n) is 6.67. The quantitative estimate of drug-likeness (QED) is 0.517. The predicted octanol–water partition coefficient (Wildman–Crippen LogP) is 5.33. The number of ether oxygens (including phenoxy) is 2. The Morgan fingerprint density at radius 3 is 1.81 bits per heavy atom. The Bertz CT molecular complexity index is 624. The number of hydrogen-bond donors (Lipinski definition) is 0. The molecule has 3 nitrogen and oxygen atoms in total. The Kier molecular flexibility index (Phi) is 9.08. The van der Waals surface area contributed by atoms with Gasteiger partial charge < -0.3 is 14.3 Å². The molecule has 0 unspecified atom stereocenters. The number of benzene rings is 2. The molecule has 0 radical (unpaired) electrons. The molecular weight excluding hydrogens is 324 g/mol. The summed E-state index contributed by atoms with van der Waals surface area (Å²) in [5.41, 5.74) is 2.32. The van der Waals surface area contributed by atoms with Gasteiger partial charge in [-0.1, -0.05) is 67.6 Å². The van der Waals surface area contributed by atoms with Crippen LogP contribution in [0.3, 0.4) is 0 Å². The second-order valence-corrected chi connectivity index (χ2v) is 6.67. The van der Waals surface area contributed by atoms with Crippen LogP contribution in [0.2, 0.25) is 0 Å². The molecule has 0 fully saturated rings. The molecule has 0 bridgehead atoms. The topological polar surface area (TPSA) is 35.5 Å². The highest BCUT2D eigenvalue weighted by atomic mass is 16.5. The van der Waals surface area contributed by atoms with Gasteiger partial charge in [-0.15, -0.1) is 0 Å². The van der Waals surface area contributed by atoms with Crippen molar-refractivity contribution in [3.05, 3.63) is 71.8 Å². The largest absolute Gasteiger partial charge is 0.371 e. The maximum Gasteiger partial charge on any atom is 0.129 e. The molecule has 26 heavy (non-hydrogen) atoms. The van der Waals surface area contributed by atoms with Gasteiger partial charge in [0, 0.05) is 6.42 Å². The van der Waals surface area contributed by atoms with E-state index in [0.717, 1.165) is 30.4 Å². The number of Topliss-reactive ketones (excluding diaryl/α,β-unsaturated/α-hetero) is 1. The smallest absolute Gasteiger partial charge is 0.129 e. The zero-order valence-corrected chi connectivity index (χ0v) is 15.9. The molecule has 0 saturated heterocycles. The van der Waals surface area contributed by atoms with Gasteiger partial charge in [0.1, 0.15) is 5.78 Å². The van der Waals surface area contributed by atoms with Gasteiger partial charge in [0.25, 0.3) is 0 Å². The van der Waals surface area contributed by atoms with Gasteiger partial charge in [-0.2, -0.15) is 0 Å². The lowest BCUT2D eigenvalue weighted by Gasteiger charge is -2.27. The number of rotatable bonds is 12. The minimum absolute atomic E-state index is 0.0109. The third kappa shape index (κ3) is 7.51. The molecule has 0 spiro atoms. The van der Waals surface area contributed by atoms with Crippen LogP contribution >= 0.6 is 0 Å². The molecule has 2 atom stereocenters. The van der Waals surface area contributed by atoms with E-state index in [1.807, 2.05) is 36.4 Å². The first-order chi connectivity index (χ1) is 12.7. The summed E-state index contributed by atoms with van der Waals surface area (Å²) in [6.07, 6.45) is 3.15. The van der Waals surface area contributed by atoms with E-state index in [2.05, 4.69) is 31.2 Å². The van der Waals surface area contributed by atoms with Crippen molar-refractivity contribution in [2.24, 2.45) is 0 Å². The van der Waals surface area contributed by atoms with Crippen molar-refractivity contribution >= 4 is 5.78 Å². The Labute approximate surface area is 157 Å².